The van der Waals surface area contributed by atoms with E-state index in [1.165, 1.54) is 4.90 Å². The molecule has 0 saturated heterocycles. The van der Waals surface area contributed by atoms with Crippen LogP contribution in [0.5, 0.6) is 0 Å². The number of benzene rings is 2. The van der Waals surface area contributed by atoms with Crippen LogP contribution in [0.15, 0.2) is 54.6 Å². The number of aliphatic hydroxyl groups excluding tert-OH is 1. The average Bonchev–Trinajstić information content (AvgIpc) is 2.58. The number of ether oxygens (including phenoxy) is 1. The number of hydrogen-bond acceptors (Lipinski definition) is 3. The summed E-state index contributed by atoms with van der Waals surface area (Å²) in [5.74, 6) is 0. The number of amides is 2. The third-order valence-electron chi connectivity index (χ3n) is 3.56. The lowest BCUT2D eigenvalue weighted by Gasteiger charge is -2.21. The highest BCUT2D eigenvalue weighted by Crippen LogP contribution is 2.09. The number of rotatable bonds is 7. The van der Waals surface area contributed by atoms with Crippen molar-refractivity contribution in [2.24, 2.45) is 0 Å². The predicted molar refractivity (Wildman–Crippen MR) is 94.9 cm³/mol. The van der Waals surface area contributed by atoms with Gasteiger partial charge in [0, 0.05) is 12.7 Å². The molecule has 0 saturated carbocycles. The zero-order chi connectivity index (χ0) is 17.4. The van der Waals surface area contributed by atoms with Crippen molar-refractivity contribution in [1.82, 2.24) is 4.90 Å². The van der Waals surface area contributed by atoms with Crippen molar-refractivity contribution in [1.29, 1.82) is 0 Å². The number of nitrogens with zero attached hydrogens (tertiary/aromatic N) is 1. The van der Waals surface area contributed by atoms with Gasteiger partial charge in [-0.2, -0.15) is 0 Å². The van der Waals surface area contributed by atoms with Gasteiger partial charge in [0.2, 0.25) is 0 Å². The summed E-state index contributed by atoms with van der Waals surface area (Å²) in [7, 11) is 1.64. The molecule has 0 bridgehead atoms. The van der Waals surface area contributed by atoms with Crippen LogP contribution in [0.1, 0.15) is 11.1 Å². The van der Waals surface area contributed by atoms with Gasteiger partial charge in [0.25, 0.3) is 0 Å². The summed E-state index contributed by atoms with van der Waals surface area (Å²) in [6, 6.07) is 17.1. The highest BCUT2D eigenvalue weighted by molar-refractivity contribution is 5.89. The zero-order valence-electron chi connectivity index (χ0n) is 14.1. The van der Waals surface area contributed by atoms with E-state index in [1.807, 2.05) is 61.5 Å². The van der Waals surface area contributed by atoms with Crippen molar-refractivity contribution < 1.29 is 14.6 Å². The topological polar surface area (TPSA) is 61.8 Å². The first kappa shape index (κ1) is 18.0. The van der Waals surface area contributed by atoms with Crippen molar-refractivity contribution >= 4 is 11.7 Å². The Kier molecular flexibility index (Phi) is 6.78. The van der Waals surface area contributed by atoms with Crippen molar-refractivity contribution in [3.8, 4) is 0 Å². The van der Waals surface area contributed by atoms with E-state index in [9.17, 15) is 9.90 Å². The molecule has 2 rings (SSSR count). The van der Waals surface area contributed by atoms with E-state index < -0.39 is 6.10 Å². The molecule has 2 aromatic rings. The Morgan fingerprint density at radius 3 is 2.50 bits per heavy atom. The molecule has 0 aromatic heterocycles. The van der Waals surface area contributed by atoms with E-state index in [0.717, 1.165) is 16.8 Å². The molecule has 5 nitrogen and oxygen atoms in total. The summed E-state index contributed by atoms with van der Waals surface area (Å²) in [6.07, 6.45) is -0.734. The molecule has 0 aliphatic heterocycles. The first-order valence-corrected chi connectivity index (χ1v) is 7.93. The molecule has 5 heteroatoms. The fourth-order valence-corrected chi connectivity index (χ4v) is 2.19. The molecule has 0 spiro atoms. The molecule has 0 heterocycles. The van der Waals surface area contributed by atoms with E-state index in [-0.39, 0.29) is 19.2 Å². The summed E-state index contributed by atoms with van der Waals surface area (Å²) in [6.45, 7) is 2.81. The second-order valence-electron chi connectivity index (χ2n) is 5.83. The first-order chi connectivity index (χ1) is 11.5. The molecule has 0 unspecified atom stereocenters. The van der Waals surface area contributed by atoms with Gasteiger partial charge in [-0.25, -0.2) is 4.79 Å². The number of likely N-dealkylation sites (N-methyl/N-ethyl adjacent to an activating group) is 1. The lowest BCUT2D eigenvalue weighted by Crippen LogP contribution is -2.38. The highest BCUT2D eigenvalue weighted by Gasteiger charge is 2.14. The van der Waals surface area contributed by atoms with E-state index in [1.54, 1.807) is 7.05 Å². The van der Waals surface area contributed by atoms with Crippen LogP contribution in [0.3, 0.4) is 0 Å². The molecular weight excluding hydrogens is 304 g/mol. The Morgan fingerprint density at radius 1 is 1.17 bits per heavy atom. The van der Waals surface area contributed by atoms with Gasteiger partial charge in [-0.1, -0.05) is 48.0 Å². The minimum absolute atomic E-state index is 0.178. The molecular formula is C19H24N2O3. The number of carbonyl (C=O) groups is 1. The summed E-state index contributed by atoms with van der Waals surface area (Å²) in [5.41, 5.74) is 2.91. The minimum atomic E-state index is -0.734. The predicted octanol–water partition coefficient (Wildman–Crippen LogP) is 3.04. The number of urea groups is 1. The maximum atomic E-state index is 12.1. The second kappa shape index (κ2) is 9.05. The molecule has 24 heavy (non-hydrogen) atoms. The van der Waals surface area contributed by atoms with Crippen LogP contribution in [0.2, 0.25) is 0 Å². The van der Waals surface area contributed by atoms with Gasteiger partial charge >= 0.3 is 6.03 Å². The smallest absolute Gasteiger partial charge is 0.321 e. The number of anilines is 1. The lowest BCUT2D eigenvalue weighted by atomic mass is 10.2. The largest absolute Gasteiger partial charge is 0.389 e. The van der Waals surface area contributed by atoms with Crippen molar-refractivity contribution in [3.05, 3.63) is 65.7 Å². The van der Waals surface area contributed by atoms with Crippen LogP contribution in [-0.2, 0) is 11.3 Å². The van der Waals surface area contributed by atoms with E-state index >= 15 is 0 Å². The van der Waals surface area contributed by atoms with E-state index in [4.69, 9.17) is 4.74 Å². The number of nitrogens with one attached hydrogen (secondary N) is 1. The van der Waals surface area contributed by atoms with Gasteiger partial charge in [-0.05, 0) is 24.6 Å². The molecule has 2 aromatic carbocycles. The van der Waals surface area contributed by atoms with Crippen LogP contribution >= 0.6 is 0 Å². The maximum Gasteiger partial charge on any atom is 0.321 e. The van der Waals surface area contributed by atoms with E-state index in [2.05, 4.69) is 5.32 Å². The minimum Gasteiger partial charge on any atom is -0.389 e. The first-order valence-electron chi connectivity index (χ1n) is 7.93. The van der Waals surface area contributed by atoms with Crippen molar-refractivity contribution in [3.63, 3.8) is 0 Å². The van der Waals surface area contributed by atoms with Gasteiger partial charge in [0.1, 0.15) is 0 Å². The molecule has 0 aliphatic carbocycles. The highest BCUT2D eigenvalue weighted by atomic mass is 16.5. The third kappa shape index (κ3) is 6.02. The average molecular weight is 328 g/mol. The third-order valence-corrected chi connectivity index (χ3v) is 3.56. The molecule has 1 atom stereocenters. The molecule has 2 N–H and O–H groups in total. The molecule has 2 amide bonds. The van der Waals surface area contributed by atoms with Crippen LogP contribution < -0.4 is 5.32 Å². The van der Waals surface area contributed by atoms with Gasteiger partial charge in [0.15, 0.2) is 0 Å². The normalized spacial score (nSPS) is 11.8. The summed E-state index contributed by atoms with van der Waals surface area (Å²) in [5, 5.41) is 12.8. The molecule has 0 radical (unpaired) electrons. The molecule has 0 aliphatic rings. The van der Waals surface area contributed by atoms with Gasteiger partial charge in [-0.15, -0.1) is 0 Å². The standard InChI is InChI=1S/C19H24N2O3/c1-15-8-10-17(11-9-15)20-19(23)21(2)12-18(22)14-24-13-16-6-4-3-5-7-16/h3-11,18,22H,12-14H2,1-2H3,(H,20,23)/t18-/m0/s1. The molecule has 128 valence electrons. The monoisotopic (exact) mass is 328 g/mol. The Hall–Kier alpha value is -2.37. The van der Waals surface area contributed by atoms with Crippen LogP contribution in [0.4, 0.5) is 10.5 Å². The molecule has 0 fully saturated rings. The van der Waals surface area contributed by atoms with Gasteiger partial charge < -0.3 is 20.1 Å². The summed E-state index contributed by atoms with van der Waals surface area (Å²) >= 11 is 0. The Morgan fingerprint density at radius 2 is 1.83 bits per heavy atom. The Bertz CT molecular complexity index is 629. The fourth-order valence-electron chi connectivity index (χ4n) is 2.19. The zero-order valence-corrected chi connectivity index (χ0v) is 14.1. The van der Waals surface area contributed by atoms with Crippen molar-refractivity contribution in [2.45, 2.75) is 19.6 Å². The number of hydrogen-bond donors (Lipinski definition) is 2. The maximum absolute atomic E-state index is 12.1. The Balaban J connectivity index is 1.71. The van der Waals surface area contributed by atoms with Crippen LogP contribution in [0, 0.1) is 6.92 Å². The SMILES string of the molecule is Cc1ccc(NC(=O)N(C)C[C@H](O)COCc2ccccc2)cc1. The quantitative estimate of drug-likeness (QED) is 0.821. The number of carbonyl (C=O) groups excluding carboxylic acids is 1. The van der Waals surface area contributed by atoms with Crippen molar-refractivity contribution in [2.75, 3.05) is 25.5 Å². The lowest BCUT2D eigenvalue weighted by molar-refractivity contribution is 0.0188. The van der Waals surface area contributed by atoms with Crippen LogP contribution in [0.25, 0.3) is 0 Å². The van der Waals surface area contributed by atoms with E-state index in [0.29, 0.717) is 6.61 Å². The Labute approximate surface area is 142 Å². The van der Waals surface area contributed by atoms with Gasteiger partial charge in [-0.3, -0.25) is 0 Å². The van der Waals surface area contributed by atoms with Crippen LogP contribution in [-0.4, -0.2) is 42.3 Å². The fraction of sp³-hybridized carbons (Fsp3) is 0.316. The number of aliphatic hydroxyl groups is 1. The summed E-state index contributed by atoms with van der Waals surface area (Å²) in [4.78, 5) is 13.5. The number of aryl methyl sites for hydroxylation is 1. The summed E-state index contributed by atoms with van der Waals surface area (Å²) < 4.78 is 5.49. The second-order valence-corrected chi connectivity index (χ2v) is 5.83. The van der Waals surface area contributed by atoms with Gasteiger partial charge in [0.05, 0.1) is 25.9 Å².